The fraction of sp³-hybridized carbons (Fsp3) is 1.00. The van der Waals surface area contributed by atoms with E-state index in [1.165, 1.54) is 12.8 Å². The summed E-state index contributed by atoms with van der Waals surface area (Å²) in [6.07, 6.45) is 4.41. The van der Waals surface area contributed by atoms with E-state index in [4.69, 9.17) is 4.78 Å². The van der Waals surface area contributed by atoms with Gasteiger partial charge in [0, 0.05) is 20.7 Å². The summed E-state index contributed by atoms with van der Waals surface area (Å²) in [6.45, 7) is 1.85. The molecule has 0 unspecified atom stereocenters. The van der Waals surface area contributed by atoms with Gasteiger partial charge in [-0.2, -0.15) is 0 Å². The topological polar surface area (TPSA) is 40.9 Å². The summed E-state index contributed by atoms with van der Waals surface area (Å²) in [4.78, 5) is 0. The Balaban J connectivity index is 2.63. The molecule has 2 nitrogen and oxygen atoms in total. The summed E-state index contributed by atoms with van der Waals surface area (Å²) >= 11 is 0. The molecule has 0 radical (unpaired) electrons. The summed E-state index contributed by atoms with van der Waals surface area (Å²) in [5, 5.41) is 0.220. The second kappa shape index (κ2) is 2.91. The predicted molar refractivity (Wildman–Crippen MR) is 43.7 cm³/mol. The fourth-order valence-corrected chi connectivity index (χ4v) is 3.07. The number of nitrogens with one attached hydrogen (secondary N) is 1. The van der Waals surface area contributed by atoms with Gasteiger partial charge in [-0.05, 0) is 12.8 Å². The summed E-state index contributed by atoms with van der Waals surface area (Å²) in [5.74, 6) is 0.539. The van der Waals surface area contributed by atoms with Crippen LogP contribution >= 0.6 is 0 Å². The highest BCUT2D eigenvalue weighted by molar-refractivity contribution is 7.93. The third-order valence-electron chi connectivity index (χ3n) is 2.27. The van der Waals surface area contributed by atoms with E-state index in [1.807, 2.05) is 6.92 Å². The zero-order valence-electron chi connectivity index (χ0n) is 6.43. The molecule has 1 aliphatic carbocycles. The molecular formula is C7H15NOS. The van der Waals surface area contributed by atoms with Crippen molar-refractivity contribution in [3.05, 3.63) is 0 Å². The maximum atomic E-state index is 11.4. The molecule has 10 heavy (non-hydrogen) atoms. The lowest BCUT2D eigenvalue weighted by molar-refractivity contribution is 0.660. The molecule has 1 fully saturated rings. The Morgan fingerprint density at radius 2 is 2.00 bits per heavy atom. The Hall–Kier alpha value is -0.0500. The third-order valence-corrected chi connectivity index (χ3v) is 4.68. The van der Waals surface area contributed by atoms with E-state index in [9.17, 15) is 4.21 Å². The van der Waals surface area contributed by atoms with Crippen LogP contribution in [0.25, 0.3) is 0 Å². The maximum absolute atomic E-state index is 11.4. The van der Waals surface area contributed by atoms with Crippen molar-refractivity contribution in [2.75, 3.05) is 5.75 Å². The van der Waals surface area contributed by atoms with Gasteiger partial charge in [-0.3, -0.25) is 4.78 Å². The second-order valence-corrected chi connectivity index (χ2v) is 5.62. The Morgan fingerprint density at radius 1 is 1.50 bits per heavy atom. The van der Waals surface area contributed by atoms with Crippen LogP contribution in [0.15, 0.2) is 0 Å². The zero-order valence-corrected chi connectivity index (χ0v) is 7.25. The summed E-state index contributed by atoms with van der Waals surface area (Å²) in [7, 11) is -2.20. The van der Waals surface area contributed by atoms with Gasteiger partial charge in [-0.25, -0.2) is 4.21 Å². The average Bonchev–Trinajstić information content (AvgIpc) is 2.38. The van der Waals surface area contributed by atoms with Gasteiger partial charge in [-0.1, -0.05) is 19.8 Å². The zero-order chi connectivity index (χ0) is 7.61. The van der Waals surface area contributed by atoms with Gasteiger partial charge in [-0.15, -0.1) is 0 Å². The smallest absolute Gasteiger partial charge is 0.0467 e. The van der Waals surface area contributed by atoms with Crippen molar-refractivity contribution in [2.45, 2.75) is 37.9 Å². The van der Waals surface area contributed by atoms with Crippen molar-refractivity contribution in [1.82, 2.24) is 0 Å². The van der Waals surface area contributed by atoms with E-state index in [2.05, 4.69) is 0 Å². The van der Waals surface area contributed by atoms with Gasteiger partial charge in [0.25, 0.3) is 0 Å². The minimum atomic E-state index is -2.20. The average molecular weight is 161 g/mol. The predicted octanol–water partition coefficient (Wildman–Crippen LogP) is 2.00. The van der Waals surface area contributed by atoms with Crippen molar-refractivity contribution in [3.8, 4) is 0 Å². The molecule has 60 valence electrons. The van der Waals surface area contributed by atoms with Crippen LogP contribution in [0, 0.1) is 4.78 Å². The van der Waals surface area contributed by atoms with E-state index >= 15 is 0 Å². The van der Waals surface area contributed by atoms with Crippen molar-refractivity contribution < 1.29 is 4.21 Å². The van der Waals surface area contributed by atoms with Gasteiger partial charge < -0.3 is 0 Å². The normalized spacial score (nSPS) is 26.5. The lowest BCUT2D eigenvalue weighted by Crippen LogP contribution is -2.17. The highest BCUT2D eigenvalue weighted by Crippen LogP contribution is 2.25. The van der Waals surface area contributed by atoms with Crippen LogP contribution in [-0.2, 0) is 9.73 Å². The molecule has 0 spiro atoms. The van der Waals surface area contributed by atoms with Crippen molar-refractivity contribution in [3.63, 3.8) is 0 Å². The molecule has 0 saturated heterocycles. The largest absolute Gasteiger partial charge is 0.253 e. The molecule has 0 aromatic carbocycles. The number of hydrogen-bond acceptors (Lipinski definition) is 2. The van der Waals surface area contributed by atoms with Gasteiger partial charge in [0.05, 0.1) is 0 Å². The highest BCUT2D eigenvalue weighted by Gasteiger charge is 2.23. The van der Waals surface area contributed by atoms with Crippen LogP contribution in [0.1, 0.15) is 32.6 Å². The van der Waals surface area contributed by atoms with Crippen LogP contribution < -0.4 is 0 Å². The first-order chi connectivity index (χ1) is 4.67. The number of rotatable bonds is 2. The summed E-state index contributed by atoms with van der Waals surface area (Å²) < 4.78 is 18.9. The minimum absolute atomic E-state index is 0.220. The number of hydrogen-bond donors (Lipinski definition) is 1. The van der Waals surface area contributed by atoms with Crippen LogP contribution in [0.3, 0.4) is 0 Å². The van der Waals surface area contributed by atoms with Crippen molar-refractivity contribution in [2.24, 2.45) is 0 Å². The summed E-state index contributed by atoms with van der Waals surface area (Å²) in [6, 6.07) is 0. The molecule has 1 rings (SSSR count). The molecule has 1 atom stereocenters. The molecule has 0 aromatic heterocycles. The molecule has 0 bridgehead atoms. The first-order valence-corrected chi connectivity index (χ1v) is 5.71. The summed E-state index contributed by atoms with van der Waals surface area (Å²) in [5.41, 5.74) is 0. The minimum Gasteiger partial charge on any atom is -0.253 e. The van der Waals surface area contributed by atoms with Gasteiger partial charge >= 0.3 is 0 Å². The molecule has 1 N–H and O–H groups in total. The molecule has 1 saturated carbocycles. The van der Waals surface area contributed by atoms with E-state index in [-0.39, 0.29) is 5.25 Å². The van der Waals surface area contributed by atoms with Gasteiger partial charge in [0.1, 0.15) is 0 Å². The molecular weight excluding hydrogens is 146 g/mol. The van der Waals surface area contributed by atoms with Crippen LogP contribution in [0.5, 0.6) is 0 Å². The quantitative estimate of drug-likeness (QED) is 0.661. The van der Waals surface area contributed by atoms with Crippen LogP contribution in [-0.4, -0.2) is 15.2 Å². The Labute approximate surface area is 63.0 Å². The van der Waals surface area contributed by atoms with E-state index in [0.717, 1.165) is 12.8 Å². The second-order valence-electron chi connectivity index (χ2n) is 2.92. The third kappa shape index (κ3) is 1.51. The Kier molecular flexibility index (Phi) is 2.34. The fourth-order valence-electron chi connectivity index (χ4n) is 1.50. The van der Waals surface area contributed by atoms with Gasteiger partial charge in [0.15, 0.2) is 0 Å². The standard InChI is InChI=1S/C7H15NOS/c1-2-10(8,9)7-5-3-4-6-7/h7-8H,2-6H2,1H3/t10-/m0/s1. The maximum Gasteiger partial charge on any atom is 0.0467 e. The first kappa shape index (κ1) is 8.05. The highest BCUT2D eigenvalue weighted by atomic mass is 32.2. The monoisotopic (exact) mass is 161 g/mol. The van der Waals surface area contributed by atoms with E-state index in [1.54, 1.807) is 0 Å². The van der Waals surface area contributed by atoms with E-state index < -0.39 is 9.73 Å². The van der Waals surface area contributed by atoms with Gasteiger partial charge in [0.2, 0.25) is 0 Å². The molecule has 0 amide bonds. The molecule has 0 aliphatic heterocycles. The van der Waals surface area contributed by atoms with Crippen molar-refractivity contribution in [1.29, 1.82) is 4.78 Å². The van der Waals surface area contributed by atoms with E-state index in [0.29, 0.717) is 5.75 Å². The molecule has 0 aromatic rings. The van der Waals surface area contributed by atoms with Crippen LogP contribution in [0.2, 0.25) is 0 Å². The molecule has 3 heteroatoms. The van der Waals surface area contributed by atoms with Crippen molar-refractivity contribution >= 4 is 9.73 Å². The molecule has 0 heterocycles. The first-order valence-electron chi connectivity index (χ1n) is 3.92. The lowest BCUT2D eigenvalue weighted by atomic mass is 10.4. The Bertz CT molecular complexity index is 190. The Morgan fingerprint density at radius 3 is 2.40 bits per heavy atom. The molecule has 1 aliphatic rings. The lowest BCUT2D eigenvalue weighted by Gasteiger charge is -2.10. The SMILES string of the molecule is CC[S@](=N)(=O)C1CCCC1. The van der Waals surface area contributed by atoms with Crippen LogP contribution in [0.4, 0.5) is 0 Å².